The van der Waals surface area contributed by atoms with Gasteiger partial charge in [-0.3, -0.25) is 4.79 Å². The third kappa shape index (κ3) is 4.39. The first kappa shape index (κ1) is 20.0. The monoisotopic (exact) mass is 401 g/mol. The summed E-state index contributed by atoms with van der Waals surface area (Å²) in [5.41, 5.74) is 1.20. The van der Waals surface area contributed by atoms with Crippen molar-refractivity contribution in [1.29, 1.82) is 0 Å². The average Bonchev–Trinajstić information content (AvgIpc) is 2.72. The maximum Gasteiger partial charge on any atom is 0.323 e. The van der Waals surface area contributed by atoms with Gasteiger partial charge in [-0.2, -0.15) is 0 Å². The van der Waals surface area contributed by atoms with E-state index in [0.717, 1.165) is 6.42 Å². The standard InChI is InChI=1S/C21H24ClN3O3/c1-4-10-25-17-12-16(8-9-18(17)28-13-21(2,3)19(25)26)24-20(27)23-15-7-5-6-14(22)11-15/h5-9,11-12H,4,10,13H2,1-3H3,(H2,23,24,27). The molecule has 0 atom stereocenters. The van der Waals surface area contributed by atoms with Gasteiger partial charge < -0.3 is 20.3 Å². The third-order valence-electron chi connectivity index (χ3n) is 4.45. The molecule has 1 aliphatic rings. The molecule has 0 bridgehead atoms. The molecule has 0 unspecified atom stereocenters. The molecule has 3 rings (SSSR count). The quantitative estimate of drug-likeness (QED) is 0.744. The number of nitrogens with one attached hydrogen (secondary N) is 2. The molecule has 1 aliphatic heterocycles. The molecule has 1 heterocycles. The smallest absolute Gasteiger partial charge is 0.323 e. The molecule has 0 aliphatic carbocycles. The minimum Gasteiger partial charge on any atom is -0.490 e. The van der Waals surface area contributed by atoms with E-state index in [1.807, 2.05) is 20.8 Å². The van der Waals surface area contributed by atoms with Crippen LogP contribution < -0.4 is 20.3 Å². The minimum absolute atomic E-state index is 0.00799. The van der Waals surface area contributed by atoms with Gasteiger partial charge in [0.1, 0.15) is 12.4 Å². The number of carbonyl (C=O) groups is 2. The molecule has 7 heteroatoms. The van der Waals surface area contributed by atoms with Crippen molar-refractivity contribution in [3.63, 3.8) is 0 Å². The van der Waals surface area contributed by atoms with E-state index in [1.54, 1.807) is 47.4 Å². The van der Waals surface area contributed by atoms with E-state index in [-0.39, 0.29) is 5.91 Å². The summed E-state index contributed by atoms with van der Waals surface area (Å²) in [7, 11) is 0. The predicted molar refractivity (Wildman–Crippen MR) is 112 cm³/mol. The number of fused-ring (bicyclic) bond motifs is 1. The molecule has 0 aromatic heterocycles. The Labute approximate surface area is 169 Å². The lowest BCUT2D eigenvalue weighted by atomic mass is 9.93. The predicted octanol–water partition coefficient (Wildman–Crippen LogP) is 5.15. The van der Waals surface area contributed by atoms with Gasteiger partial charge in [0.2, 0.25) is 5.91 Å². The summed E-state index contributed by atoms with van der Waals surface area (Å²) < 4.78 is 5.87. The maximum absolute atomic E-state index is 13.0. The Morgan fingerprint density at radius 3 is 2.57 bits per heavy atom. The molecule has 28 heavy (non-hydrogen) atoms. The highest BCUT2D eigenvalue weighted by molar-refractivity contribution is 6.30. The van der Waals surface area contributed by atoms with Crippen molar-refractivity contribution in [3.8, 4) is 5.75 Å². The van der Waals surface area contributed by atoms with Gasteiger partial charge in [0.15, 0.2) is 0 Å². The molecular weight excluding hydrogens is 378 g/mol. The van der Waals surface area contributed by atoms with Crippen molar-refractivity contribution in [2.45, 2.75) is 27.2 Å². The molecule has 2 N–H and O–H groups in total. The summed E-state index contributed by atoms with van der Waals surface area (Å²) in [5.74, 6) is 0.641. The Hall–Kier alpha value is -2.73. The highest BCUT2D eigenvalue weighted by Crippen LogP contribution is 2.38. The minimum atomic E-state index is -0.619. The number of nitrogens with zero attached hydrogens (tertiary/aromatic N) is 1. The summed E-state index contributed by atoms with van der Waals surface area (Å²) in [6.45, 7) is 6.66. The lowest BCUT2D eigenvalue weighted by molar-refractivity contribution is -0.127. The fourth-order valence-electron chi connectivity index (χ4n) is 3.03. The highest BCUT2D eigenvalue weighted by Gasteiger charge is 2.37. The molecule has 0 spiro atoms. The van der Waals surface area contributed by atoms with Gasteiger partial charge >= 0.3 is 6.03 Å². The number of ether oxygens (including phenoxy) is 1. The number of hydrogen-bond donors (Lipinski definition) is 2. The Balaban J connectivity index is 1.83. The largest absolute Gasteiger partial charge is 0.490 e. The van der Waals surface area contributed by atoms with Crippen molar-refractivity contribution >= 4 is 40.6 Å². The van der Waals surface area contributed by atoms with Gasteiger partial charge in [0, 0.05) is 22.9 Å². The zero-order valence-corrected chi connectivity index (χ0v) is 17.0. The summed E-state index contributed by atoms with van der Waals surface area (Å²) in [6, 6.07) is 11.8. The van der Waals surface area contributed by atoms with Crippen LogP contribution in [0.1, 0.15) is 27.2 Å². The van der Waals surface area contributed by atoms with Crippen molar-refractivity contribution in [1.82, 2.24) is 0 Å². The van der Waals surface area contributed by atoms with Crippen molar-refractivity contribution in [3.05, 3.63) is 47.5 Å². The zero-order chi connectivity index (χ0) is 20.3. The molecule has 0 saturated heterocycles. The first-order valence-electron chi connectivity index (χ1n) is 9.22. The molecule has 0 saturated carbocycles. The molecule has 0 radical (unpaired) electrons. The van der Waals surface area contributed by atoms with Crippen molar-refractivity contribution < 1.29 is 14.3 Å². The normalized spacial score (nSPS) is 15.3. The molecule has 2 aromatic rings. The second-order valence-corrected chi connectivity index (χ2v) is 7.84. The van der Waals surface area contributed by atoms with E-state index < -0.39 is 11.4 Å². The van der Waals surface area contributed by atoms with E-state index in [2.05, 4.69) is 10.6 Å². The van der Waals surface area contributed by atoms with Crippen LogP contribution in [0.5, 0.6) is 5.75 Å². The molecule has 2 aromatic carbocycles. The van der Waals surface area contributed by atoms with Crippen LogP contribution in [0.15, 0.2) is 42.5 Å². The molecule has 0 fully saturated rings. The topological polar surface area (TPSA) is 70.7 Å². The number of urea groups is 1. The lowest BCUT2D eigenvalue weighted by Crippen LogP contribution is -2.42. The number of amides is 3. The van der Waals surface area contributed by atoms with Crippen LogP contribution in [0.25, 0.3) is 0 Å². The Bertz CT molecular complexity index is 898. The number of rotatable bonds is 4. The van der Waals surface area contributed by atoms with Crippen LogP contribution >= 0.6 is 11.6 Å². The average molecular weight is 402 g/mol. The van der Waals surface area contributed by atoms with Crippen LogP contribution in [0.4, 0.5) is 21.9 Å². The fourth-order valence-corrected chi connectivity index (χ4v) is 3.22. The van der Waals surface area contributed by atoms with Crippen molar-refractivity contribution in [2.24, 2.45) is 5.41 Å². The molecule has 3 amide bonds. The van der Waals surface area contributed by atoms with Gasteiger partial charge in [0.05, 0.1) is 11.1 Å². The second kappa shape index (κ2) is 8.10. The van der Waals surface area contributed by atoms with Crippen molar-refractivity contribution in [2.75, 3.05) is 28.7 Å². The zero-order valence-electron chi connectivity index (χ0n) is 16.2. The number of halogens is 1. The number of anilines is 3. The van der Waals surface area contributed by atoms with Gasteiger partial charge in [-0.25, -0.2) is 4.79 Å². The van der Waals surface area contributed by atoms with Crippen LogP contribution in [0, 0.1) is 5.41 Å². The van der Waals surface area contributed by atoms with Crippen LogP contribution in [0.2, 0.25) is 5.02 Å². The lowest BCUT2D eigenvalue weighted by Gasteiger charge is -2.27. The van der Waals surface area contributed by atoms with E-state index in [9.17, 15) is 9.59 Å². The summed E-state index contributed by atoms with van der Waals surface area (Å²) in [6.07, 6.45) is 0.814. The first-order chi connectivity index (χ1) is 13.3. The summed E-state index contributed by atoms with van der Waals surface area (Å²) >= 11 is 5.94. The van der Waals surface area contributed by atoms with Gasteiger partial charge in [-0.05, 0) is 56.7 Å². The molecule has 6 nitrogen and oxygen atoms in total. The highest BCUT2D eigenvalue weighted by atomic mass is 35.5. The molecular formula is C21H24ClN3O3. The van der Waals surface area contributed by atoms with E-state index in [1.165, 1.54) is 0 Å². The van der Waals surface area contributed by atoms with Crippen LogP contribution in [-0.2, 0) is 4.79 Å². The van der Waals surface area contributed by atoms with Crippen LogP contribution in [0.3, 0.4) is 0 Å². The summed E-state index contributed by atoms with van der Waals surface area (Å²) in [4.78, 5) is 27.0. The van der Waals surface area contributed by atoms with Gasteiger partial charge in [-0.1, -0.05) is 24.6 Å². The number of hydrogen-bond acceptors (Lipinski definition) is 3. The number of benzene rings is 2. The van der Waals surface area contributed by atoms with E-state index in [4.69, 9.17) is 16.3 Å². The Morgan fingerprint density at radius 2 is 1.89 bits per heavy atom. The van der Waals surface area contributed by atoms with E-state index in [0.29, 0.717) is 41.0 Å². The summed E-state index contributed by atoms with van der Waals surface area (Å²) in [5, 5.41) is 6.07. The Kier molecular flexibility index (Phi) is 5.79. The van der Waals surface area contributed by atoms with Gasteiger partial charge in [0.25, 0.3) is 0 Å². The SMILES string of the molecule is CCCN1C(=O)C(C)(C)COc2ccc(NC(=O)Nc3cccc(Cl)c3)cc21. The maximum atomic E-state index is 13.0. The van der Waals surface area contributed by atoms with Crippen LogP contribution in [-0.4, -0.2) is 25.1 Å². The second-order valence-electron chi connectivity index (χ2n) is 7.40. The first-order valence-corrected chi connectivity index (χ1v) is 9.60. The van der Waals surface area contributed by atoms with E-state index >= 15 is 0 Å². The van der Waals surface area contributed by atoms with Gasteiger partial charge in [-0.15, -0.1) is 0 Å². The fraction of sp³-hybridized carbons (Fsp3) is 0.333. The molecule has 148 valence electrons. The third-order valence-corrected chi connectivity index (χ3v) is 4.69. The Morgan fingerprint density at radius 1 is 1.18 bits per heavy atom. The number of carbonyl (C=O) groups excluding carboxylic acids is 2.